The summed E-state index contributed by atoms with van der Waals surface area (Å²) >= 11 is 0. The molecule has 0 aromatic carbocycles. The summed E-state index contributed by atoms with van der Waals surface area (Å²) in [5, 5.41) is 9.99. The van der Waals surface area contributed by atoms with E-state index in [0.717, 1.165) is 0 Å². The van der Waals surface area contributed by atoms with E-state index in [9.17, 15) is 4.79 Å². The van der Waals surface area contributed by atoms with Crippen LogP contribution in [0.15, 0.2) is 12.4 Å². The standard InChI is InChI=1S/C8H10N4O/c1-2-3-8(13)9-4-6-12-7-5-10-11-12/h5,7H,4,6H2,1H3,(H,9,13). The summed E-state index contributed by atoms with van der Waals surface area (Å²) in [5.74, 6) is 4.63. The minimum Gasteiger partial charge on any atom is -0.343 e. The first-order chi connectivity index (χ1) is 6.33. The monoisotopic (exact) mass is 178 g/mol. The number of rotatable bonds is 3. The molecule has 0 saturated carbocycles. The van der Waals surface area contributed by atoms with Crippen molar-refractivity contribution in [2.45, 2.75) is 13.5 Å². The lowest BCUT2D eigenvalue weighted by molar-refractivity contribution is -0.115. The van der Waals surface area contributed by atoms with Crippen LogP contribution in [0.1, 0.15) is 6.92 Å². The van der Waals surface area contributed by atoms with Gasteiger partial charge in [-0.15, -0.1) is 5.10 Å². The number of carbonyl (C=O) groups is 1. The van der Waals surface area contributed by atoms with Crippen molar-refractivity contribution in [2.24, 2.45) is 0 Å². The van der Waals surface area contributed by atoms with Gasteiger partial charge in [0.05, 0.1) is 12.7 Å². The molecule has 0 aliphatic heterocycles. The van der Waals surface area contributed by atoms with Gasteiger partial charge in [-0.3, -0.25) is 9.48 Å². The van der Waals surface area contributed by atoms with E-state index in [-0.39, 0.29) is 5.91 Å². The highest BCUT2D eigenvalue weighted by Gasteiger charge is 1.94. The van der Waals surface area contributed by atoms with Gasteiger partial charge in [-0.25, -0.2) is 0 Å². The fraction of sp³-hybridized carbons (Fsp3) is 0.375. The van der Waals surface area contributed by atoms with Gasteiger partial charge < -0.3 is 5.32 Å². The number of aromatic nitrogens is 3. The molecule has 0 aliphatic carbocycles. The highest BCUT2D eigenvalue weighted by Crippen LogP contribution is 1.78. The molecule has 0 unspecified atom stereocenters. The largest absolute Gasteiger partial charge is 0.343 e. The lowest BCUT2D eigenvalue weighted by Gasteiger charge is -1.99. The summed E-state index contributed by atoms with van der Waals surface area (Å²) in [5.41, 5.74) is 0. The van der Waals surface area contributed by atoms with Gasteiger partial charge in [-0.1, -0.05) is 11.1 Å². The van der Waals surface area contributed by atoms with Crippen LogP contribution in [-0.2, 0) is 11.3 Å². The van der Waals surface area contributed by atoms with Crippen molar-refractivity contribution >= 4 is 5.91 Å². The average molecular weight is 178 g/mol. The smallest absolute Gasteiger partial charge is 0.295 e. The van der Waals surface area contributed by atoms with Crippen molar-refractivity contribution in [3.05, 3.63) is 12.4 Å². The van der Waals surface area contributed by atoms with E-state index < -0.39 is 0 Å². The molecule has 5 heteroatoms. The number of hydrogen-bond acceptors (Lipinski definition) is 3. The molecule has 1 amide bonds. The Bertz CT molecular complexity index is 320. The van der Waals surface area contributed by atoms with Crippen LogP contribution in [0.3, 0.4) is 0 Å². The maximum atomic E-state index is 10.8. The highest BCUT2D eigenvalue weighted by molar-refractivity contribution is 5.93. The quantitative estimate of drug-likeness (QED) is 0.630. The van der Waals surface area contributed by atoms with Gasteiger partial charge in [0.2, 0.25) is 0 Å². The second-order valence-electron chi connectivity index (χ2n) is 2.30. The lowest BCUT2D eigenvalue weighted by Crippen LogP contribution is -2.25. The third-order valence-corrected chi connectivity index (χ3v) is 1.34. The molecular weight excluding hydrogens is 168 g/mol. The van der Waals surface area contributed by atoms with Crippen LogP contribution in [0.5, 0.6) is 0 Å². The summed E-state index contributed by atoms with van der Waals surface area (Å²) in [7, 11) is 0. The Morgan fingerprint density at radius 2 is 2.54 bits per heavy atom. The first kappa shape index (κ1) is 9.26. The zero-order valence-corrected chi connectivity index (χ0v) is 7.32. The summed E-state index contributed by atoms with van der Waals surface area (Å²) in [6, 6.07) is 0. The van der Waals surface area contributed by atoms with Gasteiger partial charge in [0.25, 0.3) is 5.91 Å². The predicted octanol–water partition coefficient (Wildman–Crippen LogP) is -0.582. The minimum absolute atomic E-state index is 0.261. The number of amides is 1. The average Bonchev–Trinajstić information content (AvgIpc) is 2.57. The Labute approximate surface area is 76.1 Å². The Balaban J connectivity index is 2.20. The van der Waals surface area contributed by atoms with Gasteiger partial charge >= 0.3 is 0 Å². The van der Waals surface area contributed by atoms with E-state index in [1.54, 1.807) is 24.0 Å². The molecule has 1 aromatic rings. The molecule has 1 aromatic heterocycles. The lowest BCUT2D eigenvalue weighted by atomic mass is 10.5. The van der Waals surface area contributed by atoms with Crippen LogP contribution in [0, 0.1) is 11.8 Å². The van der Waals surface area contributed by atoms with E-state index in [1.807, 2.05) is 0 Å². The van der Waals surface area contributed by atoms with Crippen LogP contribution in [-0.4, -0.2) is 27.4 Å². The van der Waals surface area contributed by atoms with Crippen molar-refractivity contribution in [1.29, 1.82) is 0 Å². The molecule has 0 atom stereocenters. The van der Waals surface area contributed by atoms with E-state index in [1.165, 1.54) is 0 Å². The van der Waals surface area contributed by atoms with Crippen LogP contribution >= 0.6 is 0 Å². The van der Waals surface area contributed by atoms with Gasteiger partial charge in [-0.2, -0.15) is 0 Å². The summed E-state index contributed by atoms with van der Waals surface area (Å²) in [6.07, 6.45) is 3.32. The number of carbonyl (C=O) groups excluding carboxylic acids is 1. The van der Waals surface area contributed by atoms with Crippen molar-refractivity contribution < 1.29 is 4.79 Å². The van der Waals surface area contributed by atoms with Gasteiger partial charge in [0.15, 0.2) is 0 Å². The fourth-order valence-electron chi connectivity index (χ4n) is 0.794. The number of hydrogen-bond donors (Lipinski definition) is 1. The molecule has 5 nitrogen and oxygen atoms in total. The SMILES string of the molecule is CC#CC(=O)NCCn1ccnn1. The second kappa shape index (κ2) is 4.93. The molecule has 0 spiro atoms. The van der Waals surface area contributed by atoms with E-state index >= 15 is 0 Å². The second-order valence-corrected chi connectivity index (χ2v) is 2.30. The molecule has 0 fully saturated rings. The van der Waals surface area contributed by atoms with E-state index in [4.69, 9.17) is 0 Å². The van der Waals surface area contributed by atoms with Gasteiger partial charge in [-0.05, 0) is 12.8 Å². The third-order valence-electron chi connectivity index (χ3n) is 1.34. The minimum atomic E-state index is -0.261. The zero-order valence-electron chi connectivity index (χ0n) is 7.32. The Morgan fingerprint density at radius 1 is 1.69 bits per heavy atom. The third kappa shape index (κ3) is 3.38. The molecule has 0 saturated heterocycles. The van der Waals surface area contributed by atoms with Crippen molar-refractivity contribution in [1.82, 2.24) is 20.3 Å². The topological polar surface area (TPSA) is 59.8 Å². The molecule has 1 N–H and O–H groups in total. The van der Waals surface area contributed by atoms with Crippen molar-refractivity contribution in [3.63, 3.8) is 0 Å². The van der Waals surface area contributed by atoms with E-state index in [0.29, 0.717) is 13.1 Å². The molecule has 1 heterocycles. The molecule has 0 aliphatic rings. The Morgan fingerprint density at radius 3 is 3.15 bits per heavy atom. The van der Waals surface area contributed by atoms with Gasteiger partial charge in [0, 0.05) is 12.7 Å². The van der Waals surface area contributed by atoms with Crippen LogP contribution in [0.25, 0.3) is 0 Å². The maximum Gasteiger partial charge on any atom is 0.295 e. The normalized spacial score (nSPS) is 8.69. The first-order valence-corrected chi connectivity index (χ1v) is 3.87. The van der Waals surface area contributed by atoms with Crippen LogP contribution < -0.4 is 5.32 Å². The number of nitrogens with zero attached hydrogens (tertiary/aromatic N) is 3. The first-order valence-electron chi connectivity index (χ1n) is 3.87. The predicted molar refractivity (Wildman–Crippen MR) is 46.5 cm³/mol. The van der Waals surface area contributed by atoms with Crippen LogP contribution in [0.4, 0.5) is 0 Å². The fourth-order valence-corrected chi connectivity index (χ4v) is 0.794. The molecule has 1 rings (SSSR count). The van der Waals surface area contributed by atoms with Crippen LogP contribution in [0.2, 0.25) is 0 Å². The zero-order chi connectivity index (χ0) is 9.52. The molecule has 68 valence electrons. The number of nitrogens with one attached hydrogen (secondary N) is 1. The summed E-state index contributed by atoms with van der Waals surface area (Å²) in [6.45, 7) is 2.74. The summed E-state index contributed by atoms with van der Waals surface area (Å²) < 4.78 is 1.64. The van der Waals surface area contributed by atoms with E-state index in [2.05, 4.69) is 27.5 Å². The van der Waals surface area contributed by atoms with Crippen molar-refractivity contribution in [3.8, 4) is 11.8 Å². The molecule has 0 bridgehead atoms. The van der Waals surface area contributed by atoms with Gasteiger partial charge in [0.1, 0.15) is 0 Å². The molecular formula is C8H10N4O. The Kier molecular flexibility index (Phi) is 3.51. The molecule has 13 heavy (non-hydrogen) atoms. The maximum absolute atomic E-state index is 10.8. The van der Waals surface area contributed by atoms with Crippen molar-refractivity contribution in [2.75, 3.05) is 6.54 Å². The summed E-state index contributed by atoms with van der Waals surface area (Å²) in [4.78, 5) is 10.8. The molecule has 0 radical (unpaired) electrons. The Hall–Kier alpha value is -1.83. The highest BCUT2D eigenvalue weighted by atomic mass is 16.1.